The molecule has 0 aromatic carbocycles. The number of hydrogen-bond donors (Lipinski definition) is 1. The van der Waals surface area contributed by atoms with Gasteiger partial charge in [0.1, 0.15) is 31.0 Å². The van der Waals surface area contributed by atoms with E-state index in [0.717, 1.165) is 18.9 Å². The Morgan fingerprint density at radius 2 is 1.63 bits per heavy atom. The first kappa shape index (κ1) is 24.7. The fraction of sp³-hybridized carbons (Fsp3) is 1.00. The Hall–Kier alpha value is -0.340. The van der Waals surface area contributed by atoms with Gasteiger partial charge in [0.15, 0.2) is 5.79 Å². The highest BCUT2D eigenvalue weighted by molar-refractivity contribution is 7.86. The molecule has 0 spiro atoms. The molecule has 1 aliphatic heterocycles. The van der Waals surface area contributed by atoms with Crippen LogP contribution in [0.3, 0.4) is 0 Å². The molecule has 1 fully saturated rings. The highest BCUT2D eigenvalue weighted by Gasteiger charge is 2.54. The molecular weight excluding hydrogens is 404 g/mol. The van der Waals surface area contributed by atoms with Gasteiger partial charge in [-0.3, -0.25) is 8.37 Å². The van der Waals surface area contributed by atoms with Crippen molar-refractivity contribution in [2.75, 3.05) is 38.9 Å². The molecule has 0 aromatic heterocycles. The summed E-state index contributed by atoms with van der Waals surface area (Å²) in [7, 11) is -7.67. The molecule has 27 heavy (non-hydrogen) atoms. The molecule has 0 bridgehead atoms. The van der Waals surface area contributed by atoms with Crippen LogP contribution in [0.4, 0.5) is 0 Å². The van der Waals surface area contributed by atoms with Gasteiger partial charge in [0.05, 0.1) is 19.1 Å². The van der Waals surface area contributed by atoms with Crippen molar-refractivity contribution in [2.45, 2.75) is 57.2 Å². The molecule has 2 atom stereocenters. The normalized spacial score (nSPS) is 23.6. The Morgan fingerprint density at radius 1 is 1.11 bits per heavy atom. The third kappa shape index (κ3) is 9.13. The molecule has 10 nitrogen and oxygen atoms in total. The number of hydrogen-bond acceptors (Lipinski definition) is 10. The van der Waals surface area contributed by atoms with Crippen LogP contribution in [0.15, 0.2) is 0 Å². The maximum Gasteiger partial charge on any atom is 0.264 e. The number of unbranched alkanes of at least 4 members (excludes halogenated alkanes) is 1. The standard InChI is InChI=1S/C15H30O10S2/c1-6-7-8-21-13-12(25-14(2,3)16)9-22-15(13,10-23-26(4,17)18)11-24-27(5,19)20/h12-13,16H,6-11H2,1-5H3/t12?,13-/m1/s1. The minimum Gasteiger partial charge on any atom is -0.372 e. The number of aliphatic hydroxyl groups is 1. The zero-order valence-electron chi connectivity index (χ0n) is 16.3. The van der Waals surface area contributed by atoms with E-state index in [9.17, 15) is 21.9 Å². The van der Waals surface area contributed by atoms with Gasteiger partial charge in [0, 0.05) is 6.61 Å². The van der Waals surface area contributed by atoms with E-state index in [-0.39, 0.29) is 6.61 Å². The summed E-state index contributed by atoms with van der Waals surface area (Å²) in [6.07, 6.45) is 1.58. The molecule has 0 amide bonds. The Labute approximate surface area is 161 Å². The van der Waals surface area contributed by atoms with Crippen LogP contribution in [0.5, 0.6) is 0 Å². The van der Waals surface area contributed by atoms with Crippen LogP contribution in [0.1, 0.15) is 33.6 Å². The van der Waals surface area contributed by atoms with Crippen molar-refractivity contribution in [3.63, 3.8) is 0 Å². The van der Waals surface area contributed by atoms with E-state index in [1.165, 1.54) is 13.8 Å². The van der Waals surface area contributed by atoms with E-state index in [2.05, 4.69) is 0 Å². The lowest BCUT2D eigenvalue weighted by atomic mass is 9.97. The molecule has 0 saturated carbocycles. The Bertz CT molecular complexity index is 629. The summed E-state index contributed by atoms with van der Waals surface area (Å²) in [5.41, 5.74) is -1.55. The van der Waals surface area contributed by atoms with E-state index in [1.54, 1.807) is 0 Å². The first-order valence-electron chi connectivity index (χ1n) is 8.52. The Morgan fingerprint density at radius 3 is 2.04 bits per heavy atom. The fourth-order valence-electron chi connectivity index (χ4n) is 2.54. The smallest absolute Gasteiger partial charge is 0.264 e. The van der Waals surface area contributed by atoms with Gasteiger partial charge in [0.25, 0.3) is 20.2 Å². The van der Waals surface area contributed by atoms with Crippen LogP contribution < -0.4 is 0 Å². The lowest BCUT2D eigenvalue weighted by molar-refractivity contribution is -0.226. The van der Waals surface area contributed by atoms with Crippen LogP contribution in [0.2, 0.25) is 0 Å². The lowest BCUT2D eigenvalue weighted by Crippen LogP contribution is -2.54. The second kappa shape index (κ2) is 9.44. The minimum atomic E-state index is -3.84. The largest absolute Gasteiger partial charge is 0.372 e. The maximum atomic E-state index is 11.5. The van der Waals surface area contributed by atoms with Gasteiger partial charge in [-0.15, -0.1) is 0 Å². The lowest BCUT2D eigenvalue weighted by Gasteiger charge is -2.35. The molecule has 1 heterocycles. The van der Waals surface area contributed by atoms with E-state index in [4.69, 9.17) is 22.6 Å². The molecule has 12 heteroatoms. The second-order valence-corrected chi connectivity index (χ2v) is 10.3. The zero-order valence-corrected chi connectivity index (χ0v) is 18.0. The summed E-state index contributed by atoms with van der Waals surface area (Å²) in [4.78, 5) is 0. The van der Waals surface area contributed by atoms with Gasteiger partial charge in [-0.25, -0.2) is 0 Å². The molecule has 1 saturated heterocycles. The predicted molar refractivity (Wildman–Crippen MR) is 96.1 cm³/mol. The molecular formula is C15H30O10S2. The van der Waals surface area contributed by atoms with Crippen molar-refractivity contribution in [1.29, 1.82) is 0 Å². The highest BCUT2D eigenvalue weighted by Crippen LogP contribution is 2.34. The molecule has 0 aliphatic carbocycles. The molecule has 1 unspecified atom stereocenters. The first-order valence-corrected chi connectivity index (χ1v) is 12.2. The third-order valence-corrected chi connectivity index (χ3v) is 4.75. The summed E-state index contributed by atoms with van der Waals surface area (Å²) in [6, 6.07) is 0. The maximum absolute atomic E-state index is 11.5. The van der Waals surface area contributed by atoms with E-state index >= 15 is 0 Å². The number of ether oxygens (including phenoxy) is 3. The molecule has 1 N–H and O–H groups in total. The van der Waals surface area contributed by atoms with E-state index in [1.807, 2.05) is 6.92 Å². The summed E-state index contributed by atoms with van der Waals surface area (Å²) >= 11 is 0. The van der Waals surface area contributed by atoms with Crippen molar-refractivity contribution in [2.24, 2.45) is 0 Å². The number of rotatable bonds is 12. The SMILES string of the molecule is CCCCO[C@@H]1C(OC(C)(C)O)COC1(COS(C)(=O)=O)COS(C)(=O)=O. The molecule has 1 aliphatic rings. The third-order valence-electron chi connectivity index (χ3n) is 3.66. The van der Waals surface area contributed by atoms with Crippen LogP contribution in [0.25, 0.3) is 0 Å². The fourth-order valence-corrected chi connectivity index (χ4v) is 3.37. The van der Waals surface area contributed by atoms with Crippen LogP contribution in [-0.2, 0) is 42.8 Å². The van der Waals surface area contributed by atoms with E-state index in [0.29, 0.717) is 13.0 Å². The minimum absolute atomic E-state index is 0.0684. The van der Waals surface area contributed by atoms with Crippen molar-refractivity contribution in [3.05, 3.63) is 0 Å². The first-order chi connectivity index (χ1) is 12.2. The summed E-state index contributed by atoms with van der Waals surface area (Å²) < 4.78 is 72.7. The summed E-state index contributed by atoms with van der Waals surface area (Å²) in [5.74, 6) is -1.51. The van der Waals surface area contributed by atoms with Gasteiger partial charge in [0.2, 0.25) is 0 Å². The molecule has 0 aromatic rings. The van der Waals surface area contributed by atoms with Crippen LogP contribution >= 0.6 is 0 Å². The molecule has 0 radical (unpaired) electrons. The zero-order chi connectivity index (χ0) is 20.9. The molecule has 1 rings (SSSR count). The van der Waals surface area contributed by atoms with Gasteiger partial charge in [-0.2, -0.15) is 16.8 Å². The van der Waals surface area contributed by atoms with Gasteiger partial charge < -0.3 is 19.3 Å². The predicted octanol–water partition coefficient (Wildman–Crippen LogP) is 0.00670. The highest BCUT2D eigenvalue weighted by atomic mass is 32.2. The average molecular weight is 435 g/mol. The Kier molecular flexibility index (Phi) is 8.63. The monoisotopic (exact) mass is 434 g/mol. The summed E-state index contributed by atoms with van der Waals surface area (Å²) in [5, 5.41) is 9.97. The van der Waals surface area contributed by atoms with Crippen molar-refractivity contribution in [3.8, 4) is 0 Å². The Balaban J connectivity index is 3.14. The summed E-state index contributed by atoms with van der Waals surface area (Å²) in [6.45, 7) is 4.00. The van der Waals surface area contributed by atoms with Gasteiger partial charge >= 0.3 is 0 Å². The second-order valence-electron chi connectivity index (χ2n) is 7.06. The van der Waals surface area contributed by atoms with Crippen LogP contribution in [0, 0.1) is 0 Å². The quantitative estimate of drug-likeness (QED) is 0.254. The van der Waals surface area contributed by atoms with Gasteiger partial charge in [-0.1, -0.05) is 13.3 Å². The van der Waals surface area contributed by atoms with Crippen LogP contribution in [-0.4, -0.2) is 84.5 Å². The van der Waals surface area contributed by atoms with Crippen molar-refractivity contribution in [1.82, 2.24) is 0 Å². The van der Waals surface area contributed by atoms with Crippen molar-refractivity contribution < 1.29 is 44.5 Å². The topological polar surface area (TPSA) is 135 Å². The van der Waals surface area contributed by atoms with Gasteiger partial charge in [-0.05, 0) is 20.3 Å². The average Bonchev–Trinajstić information content (AvgIpc) is 2.79. The molecule has 162 valence electrons. The van der Waals surface area contributed by atoms with Crippen molar-refractivity contribution >= 4 is 20.2 Å². The van der Waals surface area contributed by atoms with E-state index < -0.39 is 57.0 Å².